The minimum atomic E-state index is -0.977. The summed E-state index contributed by atoms with van der Waals surface area (Å²) in [4.78, 5) is 0. The van der Waals surface area contributed by atoms with Gasteiger partial charge in [-0.25, -0.2) is 0 Å². The standard InChI is InChI=1S/C7H13ClO4/c1-11-7-6(10)5(9)2-4(3-8)12-7/h4-7,9-10H,2-3H2,1H3. The summed E-state index contributed by atoms with van der Waals surface area (Å²) in [5, 5.41) is 18.6. The van der Waals surface area contributed by atoms with Gasteiger partial charge in [0.15, 0.2) is 6.29 Å². The maximum atomic E-state index is 9.31. The highest BCUT2D eigenvalue weighted by molar-refractivity contribution is 6.18. The van der Waals surface area contributed by atoms with Gasteiger partial charge >= 0.3 is 0 Å². The molecule has 4 unspecified atom stereocenters. The third kappa shape index (κ3) is 2.08. The summed E-state index contributed by atoms with van der Waals surface area (Å²) in [5.74, 6) is 0.295. The Morgan fingerprint density at radius 3 is 2.75 bits per heavy atom. The van der Waals surface area contributed by atoms with Crippen LogP contribution in [0, 0.1) is 0 Å². The first-order chi connectivity index (χ1) is 5.69. The minimum absolute atomic E-state index is 0.241. The van der Waals surface area contributed by atoms with Crippen molar-refractivity contribution < 1.29 is 19.7 Å². The maximum absolute atomic E-state index is 9.31. The van der Waals surface area contributed by atoms with Crippen LogP contribution in [0.3, 0.4) is 0 Å². The van der Waals surface area contributed by atoms with Crippen molar-refractivity contribution in [1.29, 1.82) is 0 Å². The number of halogens is 1. The fourth-order valence-electron chi connectivity index (χ4n) is 1.21. The molecule has 0 aromatic carbocycles. The number of hydrogen-bond donors (Lipinski definition) is 2. The zero-order chi connectivity index (χ0) is 9.14. The molecule has 12 heavy (non-hydrogen) atoms. The van der Waals surface area contributed by atoms with Crippen molar-refractivity contribution >= 4 is 11.6 Å². The summed E-state index contributed by atoms with van der Waals surface area (Å²) in [6, 6.07) is 0. The van der Waals surface area contributed by atoms with Crippen molar-refractivity contribution in [2.75, 3.05) is 13.0 Å². The van der Waals surface area contributed by atoms with Crippen LogP contribution in [0.1, 0.15) is 6.42 Å². The van der Waals surface area contributed by atoms with E-state index in [4.69, 9.17) is 21.1 Å². The van der Waals surface area contributed by atoms with Gasteiger partial charge in [-0.15, -0.1) is 11.6 Å². The van der Waals surface area contributed by atoms with Crippen LogP contribution in [-0.4, -0.2) is 47.8 Å². The highest BCUT2D eigenvalue weighted by atomic mass is 35.5. The number of methoxy groups -OCH3 is 1. The summed E-state index contributed by atoms with van der Waals surface area (Å²) in [7, 11) is 1.41. The van der Waals surface area contributed by atoms with E-state index in [0.717, 1.165) is 0 Å². The quantitative estimate of drug-likeness (QED) is 0.596. The van der Waals surface area contributed by atoms with E-state index < -0.39 is 18.5 Å². The first-order valence-electron chi connectivity index (χ1n) is 3.79. The largest absolute Gasteiger partial charge is 0.390 e. The van der Waals surface area contributed by atoms with Crippen LogP contribution in [0.15, 0.2) is 0 Å². The minimum Gasteiger partial charge on any atom is -0.390 e. The zero-order valence-electron chi connectivity index (χ0n) is 6.81. The molecular weight excluding hydrogens is 184 g/mol. The number of alkyl halides is 1. The molecule has 0 radical (unpaired) electrons. The molecule has 0 aliphatic carbocycles. The Labute approximate surface area is 76.0 Å². The fraction of sp³-hybridized carbons (Fsp3) is 1.00. The van der Waals surface area contributed by atoms with Gasteiger partial charge < -0.3 is 19.7 Å². The molecule has 1 rings (SSSR count). The van der Waals surface area contributed by atoms with Gasteiger partial charge in [0, 0.05) is 19.4 Å². The van der Waals surface area contributed by atoms with Gasteiger partial charge in [-0.3, -0.25) is 0 Å². The average Bonchev–Trinajstić information content (AvgIpc) is 2.09. The van der Waals surface area contributed by atoms with Gasteiger partial charge in [0.1, 0.15) is 6.10 Å². The van der Waals surface area contributed by atoms with Crippen molar-refractivity contribution in [3.8, 4) is 0 Å². The van der Waals surface area contributed by atoms with E-state index >= 15 is 0 Å². The van der Waals surface area contributed by atoms with Crippen molar-refractivity contribution in [2.24, 2.45) is 0 Å². The van der Waals surface area contributed by atoms with E-state index in [9.17, 15) is 10.2 Å². The molecule has 1 aliphatic heterocycles. The van der Waals surface area contributed by atoms with Crippen LogP contribution in [0.4, 0.5) is 0 Å². The Morgan fingerprint density at radius 1 is 1.58 bits per heavy atom. The molecule has 0 amide bonds. The van der Waals surface area contributed by atoms with E-state index in [-0.39, 0.29) is 6.10 Å². The van der Waals surface area contributed by atoms with Crippen molar-refractivity contribution in [2.45, 2.75) is 31.0 Å². The number of ether oxygens (including phenoxy) is 2. The fourth-order valence-corrected chi connectivity index (χ4v) is 1.41. The Morgan fingerprint density at radius 2 is 2.25 bits per heavy atom. The molecule has 0 aromatic heterocycles. The van der Waals surface area contributed by atoms with Crippen molar-refractivity contribution in [1.82, 2.24) is 0 Å². The molecule has 1 heterocycles. The Hall–Kier alpha value is 0.130. The van der Waals surface area contributed by atoms with Crippen LogP contribution >= 0.6 is 11.6 Å². The van der Waals surface area contributed by atoms with Gasteiger partial charge in [-0.1, -0.05) is 0 Å². The summed E-state index contributed by atoms with van der Waals surface area (Å²) >= 11 is 5.54. The molecule has 4 atom stereocenters. The summed E-state index contributed by atoms with van der Waals surface area (Å²) < 4.78 is 10.0. The predicted octanol–water partition coefficient (Wildman–Crippen LogP) is -0.292. The Balaban J connectivity index is 2.52. The Bertz CT molecular complexity index is 143. The van der Waals surface area contributed by atoms with E-state index in [1.165, 1.54) is 7.11 Å². The van der Waals surface area contributed by atoms with Crippen LogP contribution in [0.5, 0.6) is 0 Å². The van der Waals surface area contributed by atoms with Crippen molar-refractivity contribution in [3.63, 3.8) is 0 Å². The van der Waals surface area contributed by atoms with Gasteiger partial charge in [-0.05, 0) is 0 Å². The molecule has 2 N–H and O–H groups in total. The third-order valence-corrected chi connectivity index (χ3v) is 2.25. The van der Waals surface area contributed by atoms with E-state index in [1.807, 2.05) is 0 Å². The molecule has 1 fully saturated rings. The monoisotopic (exact) mass is 196 g/mol. The van der Waals surface area contributed by atoms with Crippen LogP contribution < -0.4 is 0 Å². The maximum Gasteiger partial charge on any atom is 0.185 e. The smallest absolute Gasteiger partial charge is 0.185 e. The topological polar surface area (TPSA) is 58.9 Å². The van der Waals surface area contributed by atoms with Gasteiger partial charge in [-0.2, -0.15) is 0 Å². The normalized spacial score (nSPS) is 43.0. The van der Waals surface area contributed by atoms with Crippen LogP contribution in [-0.2, 0) is 9.47 Å². The molecule has 1 aliphatic rings. The van der Waals surface area contributed by atoms with E-state index in [0.29, 0.717) is 12.3 Å². The molecule has 0 aromatic rings. The van der Waals surface area contributed by atoms with E-state index in [2.05, 4.69) is 0 Å². The molecule has 5 heteroatoms. The second-order valence-electron chi connectivity index (χ2n) is 2.81. The number of aliphatic hydroxyl groups excluding tert-OH is 2. The lowest BCUT2D eigenvalue weighted by atomic mass is 10.0. The van der Waals surface area contributed by atoms with Crippen LogP contribution in [0.25, 0.3) is 0 Å². The molecule has 0 bridgehead atoms. The summed E-state index contributed by atoms with van der Waals surface area (Å²) in [5.41, 5.74) is 0. The molecule has 72 valence electrons. The number of rotatable bonds is 2. The van der Waals surface area contributed by atoms with Crippen LogP contribution in [0.2, 0.25) is 0 Å². The first-order valence-corrected chi connectivity index (χ1v) is 4.32. The van der Waals surface area contributed by atoms with Gasteiger partial charge in [0.05, 0.1) is 12.2 Å². The molecule has 0 saturated carbocycles. The summed E-state index contributed by atoms with van der Waals surface area (Å²) in [6.07, 6.45) is -2.45. The first kappa shape index (κ1) is 10.2. The highest BCUT2D eigenvalue weighted by Crippen LogP contribution is 2.21. The van der Waals surface area contributed by atoms with Crippen molar-refractivity contribution in [3.05, 3.63) is 0 Å². The number of hydrogen-bond acceptors (Lipinski definition) is 4. The Kier molecular flexibility index (Phi) is 3.74. The predicted molar refractivity (Wildman–Crippen MR) is 43.0 cm³/mol. The second-order valence-corrected chi connectivity index (χ2v) is 3.12. The zero-order valence-corrected chi connectivity index (χ0v) is 7.57. The molecule has 4 nitrogen and oxygen atoms in total. The lowest BCUT2D eigenvalue weighted by molar-refractivity contribution is -0.253. The van der Waals surface area contributed by atoms with Gasteiger partial charge in [0.2, 0.25) is 0 Å². The molecule has 1 saturated heterocycles. The lowest BCUT2D eigenvalue weighted by Crippen LogP contribution is -2.49. The average molecular weight is 197 g/mol. The number of aliphatic hydroxyl groups is 2. The second kappa shape index (κ2) is 4.39. The molecular formula is C7H13ClO4. The SMILES string of the molecule is COC1OC(CCl)CC(O)C1O. The lowest BCUT2D eigenvalue weighted by Gasteiger charge is -2.35. The highest BCUT2D eigenvalue weighted by Gasteiger charge is 2.36. The van der Waals surface area contributed by atoms with E-state index in [1.54, 1.807) is 0 Å². The van der Waals surface area contributed by atoms with Gasteiger partial charge in [0.25, 0.3) is 0 Å². The third-order valence-electron chi connectivity index (χ3n) is 1.91. The molecule has 0 spiro atoms. The summed E-state index contributed by atoms with van der Waals surface area (Å²) in [6.45, 7) is 0.